The highest BCUT2D eigenvalue weighted by Gasteiger charge is 2.29. The van der Waals surface area contributed by atoms with Gasteiger partial charge in [0, 0.05) is 11.1 Å². The molecule has 1 aliphatic carbocycles. The van der Waals surface area contributed by atoms with Crippen LogP contribution in [0.15, 0.2) is 30.3 Å². The molecule has 0 aromatic heterocycles. The first-order chi connectivity index (χ1) is 15.0. The molecule has 2 aromatic carbocycles. The second-order valence-electron chi connectivity index (χ2n) is 9.11. The van der Waals surface area contributed by atoms with E-state index in [9.17, 15) is 18.3 Å². The van der Waals surface area contributed by atoms with Crippen LogP contribution in [-0.2, 0) is 11.2 Å². The van der Waals surface area contributed by atoms with E-state index in [4.69, 9.17) is 4.74 Å². The van der Waals surface area contributed by atoms with E-state index >= 15 is 0 Å². The van der Waals surface area contributed by atoms with Gasteiger partial charge in [-0.25, -0.2) is 13.2 Å². The number of hydrogen-bond donors (Lipinski definition) is 1. The molecule has 1 saturated heterocycles. The number of hydrogen-bond acceptors (Lipinski definition) is 2. The molecular weight excluding hydrogens is 401 g/mol. The van der Waals surface area contributed by atoms with Crippen molar-refractivity contribution < 1.29 is 23.0 Å². The van der Waals surface area contributed by atoms with Gasteiger partial charge in [-0.1, -0.05) is 37.6 Å². The number of epoxide rings is 1. The topological polar surface area (TPSA) is 32.8 Å². The fourth-order valence-electron chi connectivity index (χ4n) is 4.91. The maximum absolute atomic E-state index is 14.5. The monoisotopic (exact) mass is 432 g/mol. The molecule has 0 amide bonds. The maximum atomic E-state index is 14.5. The Labute approximate surface area is 182 Å². The SMILES string of the molecule is CCCC(O)c1ccc(CCC2CCC(c3ccc(C4CO4)c(F)c3)CC2)c(F)c1F. The van der Waals surface area contributed by atoms with E-state index in [1.165, 1.54) is 6.07 Å². The Balaban J connectivity index is 1.30. The Morgan fingerprint density at radius 2 is 1.77 bits per heavy atom. The van der Waals surface area contributed by atoms with Crippen molar-refractivity contribution in [3.8, 4) is 0 Å². The fraction of sp³-hybridized carbons (Fsp3) is 0.538. The molecule has 2 fully saturated rings. The first-order valence-corrected chi connectivity index (χ1v) is 11.5. The lowest BCUT2D eigenvalue weighted by atomic mass is 9.76. The van der Waals surface area contributed by atoms with E-state index in [1.807, 2.05) is 19.1 Å². The van der Waals surface area contributed by atoms with Crippen molar-refractivity contribution in [3.63, 3.8) is 0 Å². The van der Waals surface area contributed by atoms with Crippen LogP contribution in [0.25, 0.3) is 0 Å². The summed E-state index contributed by atoms with van der Waals surface area (Å²) in [6, 6.07) is 8.68. The summed E-state index contributed by atoms with van der Waals surface area (Å²) in [6.45, 7) is 2.50. The van der Waals surface area contributed by atoms with E-state index in [0.29, 0.717) is 48.8 Å². The largest absolute Gasteiger partial charge is 0.388 e. The number of aliphatic hydroxyl groups is 1. The third-order valence-electron chi connectivity index (χ3n) is 6.96. The number of halogens is 3. The zero-order chi connectivity index (χ0) is 22.0. The van der Waals surface area contributed by atoms with Crippen LogP contribution in [0.5, 0.6) is 0 Å². The molecule has 31 heavy (non-hydrogen) atoms. The molecule has 2 nitrogen and oxygen atoms in total. The molecule has 0 spiro atoms. The van der Waals surface area contributed by atoms with Gasteiger partial charge in [0.15, 0.2) is 11.6 Å². The molecule has 2 aromatic rings. The molecule has 4 rings (SSSR count). The van der Waals surface area contributed by atoms with Gasteiger partial charge < -0.3 is 9.84 Å². The standard InChI is InChI=1S/C26H31F3O2/c1-2-3-23(30)21-13-10-18(25(28)26(21)29)9-6-16-4-7-17(8-5-16)19-11-12-20(22(27)14-19)24-15-31-24/h10-14,16-17,23-24,30H,2-9,15H2,1H3. The zero-order valence-corrected chi connectivity index (χ0v) is 18.0. The Hall–Kier alpha value is -1.85. The second kappa shape index (κ2) is 9.74. The normalized spacial score (nSPS) is 24.2. The Morgan fingerprint density at radius 1 is 1.03 bits per heavy atom. The van der Waals surface area contributed by atoms with Gasteiger partial charge in [0.1, 0.15) is 11.9 Å². The summed E-state index contributed by atoms with van der Waals surface area (Å²) < 4.78 is 48.4. The molecule has 1 aliphatic heterocycles. The predicted octanol–water partition coefficient (Wildman–Crippen LogP) is 6.92. The minimum Gasteiger partial charge on any atom is -0.388 e. The molecule has 2 aliphatic rings. The Kier molecular flexibility index (Phi) is 7.02. The van der Waals surface area contributed by atoms with Gasteiger partial charge in [0.25, 0.3) is 0 Å². The van der Waals surface area contributed by atoms with E-state index in [2.05, 4.69) is 0 Å². The first kappa shape index (κ1) is 22.3. The molecule has 1 N–H and O–H groups in total. The molecule has 168 valence electrons. The summed E-state index contributed by atoms with van der Waals surface area (Å²) in [5.41, 5.74) is 2.14. The summed E-state index contributed by atoms with van der Waals surface area (Å²) in [5, 5.41) is 10.00. The Bertz CT molecular complexity index is 902. The van der Waals surface area contributed by atoms with Crippen molar-refractivity contribution in [2.24, 2.45) is 5.92 Å². The average molecular weight is 433 g/mol. The molecular formula is C26H31F3O2. The van der Waals surface area contributed by atoms with Crippen molar-refractivity contribution in [1.29, 1.82) is 0 Å². The fourth-order valence-corrected chi connectivity index (χ4v) is 4.91. The third-order valence-corrected chi connectivity index (χ3v) is 6.96. The van der Waals surface area contributed by atoms with Crippen LogP contribution in [0.3, 0.4) is 0 Å². The molecule has 0 bridgehead atoms. The van der Waals surface area contributed by atoms with Crippen LogP contribution in [0.2, 0.25) is 0 Å². The molecule has 2 unspecified atom stereocenters. The van der Waals surface area contributed by atoms with Crippen molar-refractivity contribution in [2.45, 2.75) is 76.4 Å². The van der Waals surface area contributed by atoms with Gasteiger partial charge in [0.05, 0.1) is 12.7 Å². The summed E-state index contributed by atoms with van der Waals surface area (Å²) >= 11 is 0. The number of benzene rings is 2. The maximum Gasteiger partial charge on any atom is 0.164 e. The number of aliphatic hydroxyl groups excluding tert-OH is 1. The molecule has 1 saturated carbocycles. The van der Waals surface area contributed by atoms with Crippen molar-refractivity contribution in [1.82, 2.24) is 0 Å². The minimum absolute atomic E-state index is 0.0510. The number of rotatable bonds is 8. The van der Waals surface area contributed by atoms with E-state index in [0.717, 1.165) is 37.7 Å². The zero-order valence-electron chi connectivity index (χ0n) is 18.0. The first-order valence-electron chi connectivity index (χ1n) is 11.5. The van der Waals surface area contributed by atoms with E-state index in [1.54, 1.807) is 12.1 Å². The van der Waals surface area contributed by atoms with Crippen LogP contribution >= 0.6 is 0 Å². The highest BCUT2D eigenvalue weighted by molar-refractivity contribution is 5.30. The van der Waals surface area contributed by atoms with Crippen LogP contribution in [0.1, 0.15) is 92.2 Å². The van der Waals surface area contributed by atoms with Gasteiger partial charge in [-0.2, -0.15) is 0 Å². The summed E-state index contributed by atoms with van der Waals surface area (Å²) in [6.07, 6.45) is 5.40. The third kappa shape index (κ3) is 5.15. The molecule has 5 heteroatoms. The van der Waals surface area contributed by atoms with Crippen LogP contribution < -0.4 is 0 Å². The van der Waals surface area contributed by atoms with Crippen molar-refractivity contribution in [3.05, 3.63) is 70.0 Å². The smallest absolute Gasteiger partial charge is 0.164 e. The second-order valence-corrected chi connectivity index (χ2v) is 9.11. The van der Waals surface area contributed by atoms with E-state index < -0.39 is 17.7 Å². The van der Waals surface area contributed by atoms with Gasteiger partial charge in [-0.05, 0) is 74.0 Å². The molecule has 2 atom stereocenters. The predicted molar refractivity (Wildman–Crippen MR) is 114 cm³/mol. The number of ether oxygens (including phenoxy) is 1. The summed E-state index contributed by atoms with van der Waals surface area (Å²) in [4.78, 5) is 0. The lowest BCUT2D eigenvalue weighted by Gasteiger charge is -2.29. The lowest BCUT2D eigenvalue weighted by Crippen LogP contribution is -2.15. The summed E-state index contributed by atoms with van der Waals surface area (Å²) in [5.74, 6) is -1.09. The number of aryl methyl sites for hydroxylation is 1. The van der Waals surface area contributed by atoms with Gasteiger partial charge >= 0.3 is 0 Å². The van der Waals surface area contributed by atoms with Gasteiger partial charge in [-0.3, -0.25) is 0 Å². The van der Waals surface area contributed by atoms with Crippen LogP contribution in [-0.4, -0.2) is 11.7 Å². The molecule has 0 radical (unpaired) electrons. The van der Waals surface area contributed by atoms with Gasteiger partial charge in [0.2, 0.25) is 0 Å². The van der Waals surface area contributed by atoms with Gasteiger partial charge in [-0.15, -0.1) is 0 Å². The summed E-state index contributed by atoms with van der Waals surface area (Å²) in [7, 11) is 0. The van der Waals surface area contributed by atoms with Crippen molar-refractivity contribution >= 4 is 0 Å². The highest BCUT2D eigenvalue weighted by Crippen LogP contribution is 2.39. The minimum atomic E-state index is -0.959. The van der Waals surface area contributed by atoms with Crippen LogP contribution in [0, 0.1) is 23.4 Å². The van der Waals surface area contributed by atoms with E-state index in [-0.39, 0.29) is 17.5 Å². The molecule has 1 heterocycles. The van der Waals surface area contributed by atoms with Crippen molar-refractivity contribution in [2.75, 3.05) is 6.61 Å². The van der Waals surface area contributed by atoms with Crippen LogP contribution in [0.4, 0.5) is 13.2 Å². The quantitative estimate of drug-likeness (QED) is 0.460. The lowest BCUT2D eigenvalue weighted by molar-refractivity contribution is 0.160. The highest BCUT2D eigenvalue weighted by atomic mass is 19.2. The Morgan fingerprint density at radius 3 is 2.42 bits per heavy atom. The average Bonchev–Trinajstić information content (AvgIpc) is 3.60.